The van der Waals surface area contributed by atoms with E-state index in [4.69, 9.17) is 15.9 Å². The van der Waals surface area contributed by atoms with E-state index < -0.39 is 60.6 Å². The van der Waals surface area contributed by atoms with Gasteiger partial charge in [0.25, 0.3) is 0 Å². The van der Waals surface area contributed by atoms with Crippen molar-refractivity contribution in [2.24, 2.45) is 11.7 Å². The molecule has 0 aliphatic heterocycles. The SMILES string of the molecule is CCC(C)C(NC(=O)C(N)C(C)O)C(=O)NC(CCSC)C(=O)NC(CO)C(=O)O. The van der Waals surface area contributed by atoms with Crippen LogP contribution in [-0.4, -0.2) is 87.9 Å². The van der Waals surface area contributed by atoms with E-state index in [9.17, 15) is 24.3 Å². The zero-order valence-corrected chi connectivity index (χ0v) is 18.6. The van der Waals surface area contributed by atoms with Gasteiger partial charge in [0, 0.05) is 0 Å². The van der Waals surface area contributed by atoms with Crippen LogP contribution in [0, 0.1) is 5.92 Å². The van der Waals surface area contributed by atoms with Crippen molar-refractivity contribution in [3.63, 3.8) is 0 Å². The first-order chi connectivity index (χ1) is 14.0. The third-order valence-corrected chi connectivity index (χ3v) is 5.30. The number of nitrogens with two attached hydrogens (primary N) is 1. The molecule has 0 aromatic rings. The normalized spacial score (nSPS) is 17.0. The van der Waals surface area contributed by atoms with E-state index in [2.05, 4.69) is 16.0 Å². The Bertz CT molecular complexity index is 591. The van der Waals surface area contributed by atoms with Crippen molar-refractivity contribution in [2.45, 2.75) is 63.9 Å². The molecule has 0 rings (SSSR count). The third kappa shape index (κ3) is 9.28. The Kier molecular flexibility index (Phi) is 13.3. The Morgan fingerprint density at radius 3 is 2.00 bits per heavy atom. The number of carboxylic acids is 1. The maximum Gasteiger partial charge on any atom is 0.328 e. The van der Waals surface area contributed by atoms with Crippen LogP contribution in [0.4, 0.5) is 0 Å². The average Bonchev–Trinajstić information content (AvgIpc) is 2.70. The van der Waals surface area contributed by atoms with Crippen LogP contribution in [0.15, 0.2) is 0 Å². The van der Waals surface area contributed by atoms with Gasteiger partial charge in [-0.15, -0.1) is 0 Å². The lowest BCUT2D eigenvalue weighted by atomic mass is 9.97. The first-order valence-electron chi connectivity index (χ1n) is 9.67. The molecule has 11 nitrogen and oxygen atoms in total. The number of carbonyl (C=O) groups is 4. The van der Waals surface area contributed by atoms with E-state index >= 15 is 0 Å². The van der Waals surface area contributed by atoms with E-state index in [1.165, 1.54) is 18.7 Å². The van der Waals surface area contributed by atoms with Crippen molar-refractivity contribution in [1.29, 1.82) is 0 Å². The summed E-state index contributed by atoms with van der Waals surface area (Å²) in [5, 5.41) is 34.9. The Morgan fingerprint density at radius 2 is 1.57 bits per heavy atom. The Balaban J connectivity index is 5.43. The number of hydrogen-bond donors (Lipinski definition) is 7. The van der Waals surface area contributed by atoms with Crippen LogP contribution < -0.4 is 21.7 Å². The molecule has 174 valence electrons. The molecule has 0 fully saturated rings. The molecule has 30 heavy (non-hydrogen) atoms. The molecule has 0 aliphatic carbocycles. The van der Waals surface area contributed by atoms with E-state index in [1.54, 1.807) is 6.92 Å². The van der Waals surface area contributed by atoms with E-state index in [0.29, 0.717) is 12.2 Å². The number of amides is 3. The number of aliphatic hydroxyl groups excluding tert-OH is 2. The number of carbonyl (C=O) groups excluding carboxylic acids is 3. The quantitative estimate of drug-likeness (QED) is 0.157. The maximum atomic E-state index is 12.9. The van der Waals surface area contributed by atoms with Gasteiger partial charge in [0.05, 0.1) is 12.7 Å². The van der Waals surface area contributed by atoms with Crippen molar-refractivity contribution in [3.8, 4) is 0 Å². The first kappa shape index (κ1) is 28.1. The van der Waals surface area contributed by atoms with E-state index in [1.807, 2.05) is 13.2 Å². The Labute approximate surface area is 180 Å². The zero-order chi connectivity index (χ0) is 23.4. The highest BCUT2D eigenvalue weighted by molar-refractivity contribution is 7.98. The monoisotopic (exact) mass is 450 g/mol. The molecular formula is C18H34N4O7S. The molecule has 8 N–H and O–H groups in total. The lowest BCUT2D eigenvalue weighted by molar-refractivity contribution is -0.143. The van der Waals surface area contributed by atoms with Crippen molar-refractivity contribution < 1.29 is 34.5 Å². The summed E-state index contributed by atoms with van der Waals surface area (Å²) in [6.07, 6.45) is 1.45. The predicted molar refractivity (Wildman–Crippen MR) is 113 cm³/mol. The smallest absolute Gasteiger partial charge is 0.328 e. The van der Waals surface area contributed by atoms with Gasteiger partial charge >= 0.3 is 5.97 Å². The summed E-state index contributed by atoms with van der Waals surface area (Å²) >= 11 is 1.43. The summed E-state index contributed by atoms with van der Waals surface area (Å²) in [6, 6.07) is -4.79. The van der Waals surface area contributed by atoms with Gasteiger partial charge in [-0.3, -0.25) is 14.4 Å². The number of aliphatic hydroxyl groups is 2. The molecule has 0 aliphatic rings. The molecule has 0 radical (unpaired) electrons. The molecule has 0 aromatic heterocycles. The lowest BCUT2D eigenvalue weighted by Gasteiger charge is -2.28. The maximum absolute atomic E-state index is 12.9. The topological polar surface area (TPSA) is 191 Å². The summed E-state index contributed by atoms with van der Waals surface area (Å²) in [5.74, 6) is -3.30. The van der Waals surface area contributed by atoms with Gasteiger partial charge < -0.3 is 37.0 Å². The minimum atomic E-state index is -1.50. The molecule has 0 heterocycles. The highest BCUT2D eigenvalue weighted by atomic mass is 32.2. The number of carboxylic acid groups (broad SMARTS) is 1. The molecule has 0 bridgehead atoms. The second kappa shape index (κ2) is 14.2. The van der Waals surface area contributed by atoms with Gasteiger partial charge in [0.15, 0.2) is 0 Å². The Morgan fingerprint density at radius 1 is 1.00 bits per heavy atom. The number of thioether (sulfide) groups is 1. The van der Waals surface area contributed by atoms with Crippen LogP contribution in [0.3, 0.4) is 0 Å². The minimum absolute atomic E-state index is 0.213. The highest BCUT2D eigenvalue weighted by Gasteiger charge is 2.32. The van der Waals surface area contributed by atoms with Crippen LogP contribution in [0.25, 0.3) is 0 Å². The fourth-order valence-electron chi connectivity index (χ4n) is 2.39. The second-order valence-corrected chi connectivity index (χ2v) is 8.05. The van der Waals surface area contributed by atoms with Crippen LogP contribution >= 0.6 is 11.8 Å². The highest BCUT2D eigenvalue weighted by Crippen LogP contribution is 2.10. The number of hydrogen-bond acceptors (Lipinski definition) is 8. The van der Waals surface area contributed by atoms with E-state index in [0.717, 1.165) is 0 Å². The number of rotatable bonds is 14. The standard InChI is InChI=1S/C18H34N4O7S/c1-5-9(2)14(22-16(26)13(19)10(3)24)17(27)20-11(6-7-30-4)15(25)21-12(8-23)18(28)29/h9-14,23-24H,5-8,19H2,1-4H3,(H,20,27)(H,21,25)(H,22,26)(H,28,29). The molecule has 0 saturated heterocycles. The van der Waals surface area contributed by atoms with Gasteiger partial charge in [0.1, 0.15) is 24.2 Å². The van der Waals surface area contributed by atoms with Crippen molar-refractivity contribution in [2.75, 3.05) is 18.6 Å². The second-order valence-electron chi connectivity index (χ2n) is 7.06. The molecular weight excluding hydrogens is 416 g/mol. The van der Waals surface area contributed by atoms with Crippen LogP contribution in [0.5, 0.6) is 0 Å². The fraction of sp³-hybridized carbons (Fsp3) is 0.778. The molecule has 0 spiro atoms. The summed E-state index contributed by atoms with van der Waals surface area (Å²) in [6.45, 7) is 4.11. The van der Waals surface area contributed by atoms with Crippen LogP contribution in [0.1, 0.15) is 33.6 Å². The zero-order valence-electron chi connectivity index (χ0n) is 17.8. The Hall–Kier alpha value is -1.89. The van der Waals surface area contributed by atoms with Gasteiger partial charge in [-0.05, 0) is 31.3 Å². The molecule has 6 unspecified atom stereocenters. The molecule has 12 heteroatoms. The summed E-state index contributed by atoms with van der Waals surface area (Å²) in [4.78, 5) is 48.6. The third-order valence-electron chi connectivity index (χ3n) is 4.66. The van der Waals surface area contributed by atoms with Gasteiger partial charge in [-0.25, -0.2) is 4.79 Å². The molecule has 3 amide bonds. The molecule has 0 aromatic carbocycles. The van der Waals surface area contributed by atoms with Crippen LogP contribution in [0.2, 0.25) is 0 Å². The number of aliphatic carboxylic acids is 1. The molecule has 0 saturated carbocycles. The fourth-order valence-corrected chi connectivity index (χ4v) is 2.87. The predicted octanol–water partition coefficient (Wildman–Crippen LogP) is -1.97. The van der Waals surface area contributed by atoms with Crippen LogP contribution in [-0.2, 0) is 19.2 Å². The molecule has 6 atom stereocenters. The minimum Gasteiger partial charge on any atom is -0.480 e. The first-order valence-corrected chi connectivity index (χ1v) is 11.1. The van der Waals surface area contributed by atoms with Gasteiger partial charge in [-0.1, -0.05) is 20.3 Å². The van der Waals surface area contributed by atoms with Crippen molar-refractivity contribution >= 4 is 35.5 Å². The van der Waals surface area contributed by atoms with E-state index in [-0.39, 0.29) is 12.3 Å². The van der Waals surface area contributed by atoms with Gasteiger partial charge in [-0.2, -0.15) is 11.8 Å². The summed E-state index contributed by atoms with van der Waals surface area (Å²) in [7, 11) is 0. The summed E-state index contributed by atoms with van der Waals surface area (Å²) < 4.78 is 0. The van der Waals surface area contributed by atoms with Crippen molar-refractivity contribution in [1.82, 2.24) is 16.0 Å². The van der Waals surface area contributed by atoms with Crippen molar-refractivity contribution in [3.05, 3.63) is 0 Å². The van der Waals surface area contributed by atoms with Gasteiger partial charge in [0.2, 0.25) is 17.7 Å². The lowest BCUT2D eigenvalue weighted by Crippen LogP contribution is -2.59. The average molecular weight is 451 g/mol. The number of nitrogens with one attached hydrogen (secondary N) is 3. The largest absolute Gasteiger partial charge is 0.480 e. The summed E-state index contributed by atoms with van der Waals surface area (Å²) in [5.41, 5.74) is 5.62.